The van der Waals surface area contributed by atoms with Crippen LogP contribution in [0.2, 0.25) is 0 Å². The number of ether oxygens (including phenoxy) is 1. The van der Waals surface area contributed by atoms with E-state index in [-0.39, 0.29) is 0 Å². The molecule has 0 bridgehead atoms. The van der Waals surface area contributed by atoms with Gasteiger partial charge in [0.2, 0.25) is 0 Å². The quantitative estimate of drug-likeness (QED) is 0.586. The summed E-state index contributed by atoms with van der Waals surface area (Å²) >= 11 is 0. The van der Waals surface area contributed by atoms with Gasteiger partial charge in [-0.3, -0.25) is 11.3 Å². The van der Waals surface area contributed by atoms with E-state index in [1.165, 1.54) is 38.5 Å². The third kappa shape index (κ3) is 3.01. The monoisotopic (exact) mass is 240 g/mol. The van der Waals surface area contributed by atoms with Crippen molar-refractivity contribution >= 4 is 0 Å². The van der Waals surface area contributed by atoms with Gasteiger partial charge in [0.1, 0.15) is 0 Å². The van der Waals surface area contributed by atoms with Gasteiger partial charge in [0.05, 0.1) is 6.10 Å². The Morgan fingerprint density at radius 2 is 1.94 bits per heavy atom. The van der Waals surface area contributed by atoms with E-state index < -0.39 is 0 Å². The Balaban J connectivity index is 1.90. The van der Waals surface area contributed by atoms with Crippen molar-refractivity contribution in [3.8, 4) is 0 Å². The first kappa shape index (κ1) is 13.3. The van der Waals surface area contributed by atoms with Gasteiger partial charge in [-0.1, -0.05) is 26.2 Å². The Bertz CT molecular complexity index is 226. The fourth-order valence-electron chi connectivity index (χ4n) is 3.78. The summed E-state index contributed by atoms with van der Waals surface area (Å²) < 4.78 is 5.69. The molecule has 0 aromatic carbocycles. The lowest BCUT2D eigenvalue weighted by molar-refractivity contribution is 0.0781. The van der Waals surface area contributed by atoms with Crippen molar-refractivity contribution in [3.63, 3.8) is 0 Å². The second-order valence-corrected chi connectivity index (χ2v) is 5.91. The Morgan fingerprint density at radius 1 is 1.24 bits per heavy atom. The maximum Gasteiger partial charge on any atom is 0.0591 e. The highest BCUT2D eigenvalue weighted by Gasteiger charge is 2.37. The predicted molar refractivity (Wildman–Crippen MR) is 70.4 cm³/mol. The Kier molecular flexibility index (Phi) is 4.83. The van der Waals surface area contributed by atoms with E-state index in [1.807, 2.05) is 0 Å². The van der Waals surface area contributed by atoms with Crippen molar-refractivity contribution in [2.24, 2.45) is 23.6 Å². The van der Waals surface area contributed by atoms with Gasteiger partial charge in [-0.05, 0) is 38.0 Å². The largest absolute Gasteiger partial charge is 0.378 e. The zero-order valence-electron chi connectivity index (χ0n) is 11.3. The molecule has 2 rings (SSSR count). The summed E-state index contributed by atoms with van der Waals surface area (Å²) in [5.74, 6) is 8.14. The van der Waals surface area contributed by atoms with E-state index in [9.17, 15) is 0 Å². The highest BCUT2D eigenvalue weighted by molar-refractivity contribution is 4.89. The van der Waals surface area contributed by atoms with Crippen LogP contribution in [0.15, 0.2) is 0 Å². The standard InChI is InChI=1S/C14H28N2O/c1-3-11-4-6-12(7-5-11)14(16-15)13-8-9-17-10(13)2/h10-14,16H,3-9,15H2,1-2H3. The molecule has 1 heterocycles. The summed E-state index contributed by atoms with van der Waals surface area (Å²) in [6.45, 7) is 5.42. The third-order valence-corrected chi connectivity index (χ3v) is 5.07. The molecule has 3 atom stereocenters. The van der Waals surface area contributed by atoms with E-state index in [0.717, 1.165) is 18.4 Å². The molecule has 100 valence electrons. The van der Waals surface area contributed by atoms with E-state index in [2.05, 4.69) is 19.3 Å². The molecule has 1 saturated heterocycles. The van der Waals surface area contributed by atoms with Gasteiger partial charge in [0, 0.05) is 18.6 Å². The van der Waals surface area contributed by atoms with Crippen LogP contribution < -0.4 is 11.3 Å². The lowest BCUT2D eigenvalue weighted by Crippen LogP contribution is -2.49. The van der Waals surface area contributed by atoms with Crippen molar-refractivity contribution in [2.45, 2.75) is 64.5 Å². The van der Waals surface area contributed by atoms with Crippen LogP contribution in [-0.4, -0.2) is 18.8 Å². The minimum absolute atomic E-state index is 0.375. The molecule has 3 unspecified atom stereocenters. The van der Waals surface area contributed by atoms with Gasteiger partial charge < -0.3 is 4.74 Å². The van der Waals surface area contributed by atoms with Crippen LogP contribution in [-0.2, 0) is 4.74 Å². The summed E-state index contributed by atoms with van der Waals surface area (Å²) in [5.41, 5.74) is 3.10. The molecule has 0 radical (unpaired) electrons. The number of rotatable bonds is 4. The van der Waals surface area contributed by atoms with Crippen LogP contribution in [0, 0.1) is 17.8 Å². The van der Waals surface area contributed by atoms with Crippen LogP contribution in [0.4, 0.5) is 0 Å². The number of hydrazine groups is 1. The predicted octanol–water partition coefficient (Wildman–Crippen LogP) is 2.46. The van der Waals surface area contributed by atoms with Gasteiger partial charge in [-0.2, -0.15) is 0 Å². The van der Waals surface area contributed by atoms with Crippen molar-refractivity contribution in [1.82, 2.24) is 5.43 Å². The number of nitrogens with two attached hydrogens (primary N) is 1. The van der Waals surface area contributed by atoms with E-state index in [1.54, 1.807) is 0 Å². The van der Waals surface area contributed by atoms with Gasteiger partial charge in [-0.25, -0.2) is 0 Å². The molecule has 3 nitrogen and oxygen atoms in total. The number of nitrogens with one attached hydrogen (secondary N) is 1. The van der Waals surface area contributed by atoms with E-state index in [4.69, 9.17) is 10.6 Å². The molecule has 0 aromatic heterocycles. The fraction of sp³-hybridized carbons (Fsp3) is 1.00. The Morgan fingerprint density at radius 3 is 2.41 bits per heavy atom. The average molecular weight is 240 g/mol. The minimum atomic E-state index is 0.375. The highest BCUT2D eigenvalue weighted by atomic mass is 16.5. The molecule has 1 aliphatic carbocycles. The molecule has 2 fully saturated rings. The summed E-state index contributed by atoms with van der Waals surface area (Å²) in [4.78, 5) is 0. The average Bonchev–Trinajstić information content (AvgIpc) is 2.78. The molecule has 3 N–H and O–H groups in total. The molecule has 1 aliphatic heterocycles. The van der Waals surface area contributed by atoms with Gasteiger partial charge in [0.15, 0.2) is 0 Å². The lowest BCUT2D eigenvalue weighted by atomic mass is 9.73. The summed E-state index contributed by atoms with van der Waals surface area (Å²) in [7, 11) is 0. The second-order valence-electron chi connectivity index (χ2n) is 5.91. The molecule has 1 saturated carbocycles. The third-order valence-electron chi connectivity index (χ3n) is 5.07. The zero-order chi connectivity index (χ0) is 12.3. The van der Waals surface area contributed by atoms with Crippen LogP contribution in [0.1, 0.15) is 52.4 Å². The van der Waals surface area contributed by atoms with E-state index >= 15 is 0 Å². The van der Waals surface area contributed by atoms with Gasteiger partial charge >= 0.3 is 0 Å². The SMILES string of the molecule is CCC1CCC(C(NN)C2CCOC2C)CC1. The molecule has 0 amide bonds. The maximum absolute atomic E-state index is 5.81. The van der Waals surface area contributed by atoms with Crippen LogP contribution >= 0.6 is 0 Å². The first-order chi connectivity index (χ1) is 8.26. The molecule has 2 aliphatic rings. The van der Waals surface area contributed by atoms with Crippen LogP contribution in [0.3, 0.4) is 0 Å². The fourth-order valence-corrected chi connectivity index (χ4v) is 3.78. The molecule has 0 aromatic rings. The second kappa shape index (κ2) is 6.17. The molecule has 0 spiro atoms. The van der Waals surface area contributed by atoms with Crippen LogP contribution in [0.5, 0.6) is 0 Å². The van der Waals surface area contributed by atoms with Crippen molar-refractivity contribution in [3.05, 3.63) is 0 Å². The highest BCUT2D eigenvalue weighted by Crippen LogP contribution is 2.37. The van der Waals surface area contributed by atoms with E-state index in [0.29, 0.717) is 18.1 Å². The molecular formula is C14H28N2O. The summed E-state index contributed by atoms with van der Waals surface area (Å²) in [6.07, 6.45) is 8.36. The number of hydrogen-bond donors (Lipinski definition) is 2. The molecular weight excluding hydrogens is 212 g/mol. The van der Waals surface area contributed by atoms with Crippen molar-refractivity contribution in [1.29, 1.82) is 0 Å². The Hall–Kier alpha value is -0.120. The number of hydrogen-bond acceptors (Lipinski definition) is 3. The van der Waals surface area contributed by atoms with Gasteiger partial charge in [-0.15, -0.1) is 0 Å². The maximum atomic E-state index is 5.81. The molecule has 3 heteroatoms. The smallest absolute Gasteiger partial charge is 0.0591 e. The minimum Gasteiger partial charge on any atom is -0.378 e. The zero-order valence-corrected chi connectivity index (χ0v) is 11.3. The summed E-state index contributed by atoms with van der Waals surface area (Å²) in [6, 6.07) is 0.463. The molecule has 17 heavy (non-hydrogen) atoms. The van der Waals surface area contributed by atoms with Crippen molar-refractivity contribution < 1.29 is 4.74 Å². The van der Waals surface area contributed by atoms with Gasteiger partial charge in [0.25, 0.3) is 0 Å². The normalized spacial score (nSPS) is 40.4. The van der Waals surface area contributed by atoms with Crippen LogP contribution in [0.25, 0.3) is 0 Å². The first-order valence-electron chi connectivity index (χ1n) is 7.34. The Labute approximate surface area is 105 Å². The van der Waals surface area contributed by atoms with Crippen molar-refractivity contribution in [2.75, 3.05) is 6.61 Å². The first-order valence-corrected chi connectivity index (χ1v) is 7.34. The topological polar surface area (TPSA) is 47.3 Å². The lowest BCUT2D eigenvalue weighted by Gasteiger charge is -2.37. The summed E-state index contributed by atoms with van der Waals surface area (Å²) in [5, 5.41) is 0.